The summed E-state index contributed by atoms with van der Waals surface area (Å²) in [4.78, 5) is 31.3. The summed E-state index contributed by atoms with van der Waals surface area (Å²) >= 11 is 0. The van der Waals surface area contributed by atoms with Gasteiger partial charge in [0.15, 0.2) is 17.3 Å². The van der Waals surface area contributed by atoms with E-state index in [2.05, 4.69) is 20.6 Å². The largest absolute Gasteiger partial charge is 0.476 e. The quantitative estimate of drug-likeness (QED) is 0.552. The van der Waals surface area contributed by atoms with Crippen LogP contribution in [0, 0.1) is 10.1 Å². The number of carbonyl (C=O) groups is 1. The fourth-order valence-corrected chi connectivity index (χ4v) is 3.31. The summed E-state index contributed by atoms with van der Waals surface area (Å²) in [6, 6.07) is 4.17. The zero-order valence-electron chi connectivity index (χ0n) is 16.2. The number of nitro groups is 1. The number of hydrogen-bond donors (Lipinski definition) is 2. The normalized spacial score (nSPS) is 17.3. The standard InChI is InChI=1S/C18H17N5O7/c1-8-12(15-21-16(27-2)14(23(25)26)17(22-15)28-3)13(20-18(24)19-8)9-4-5-10-11(6-9)30-7-29-10/h4-6,13H,7H2,1-3H3,(H2,19,20,24). The first-order chi connectivity index (χ1) is 14.4. The lowest BCUT2D eigenvalue weighted by molar-refractivity contribution is -0.387. The topological polar surface area (TPSA) is 147 Å². The van der Waals surface area contributed by atoms with Crippen LogP contribution >= 0.6 is 0 Å². The summed E-state index contributed by atoms with van der Waals surface area (Å²) < 4.78 is 21.0. The monoisotopic (exact) mass is 415 g/mol. The van der Waals surface area contributed by atoms with Gasteiger partial charge in [-0.3, -0.25) is 10.1 Å². The predicted octanol–water partition coefficient (Wildman–Crippen LogP) is 1.92. The van der Waals surface area contributed by atoms with E-state index in [-0.39, 0.29) is 24.4 Å². The second-order valence-corrected chi connectivity index (χ2v) is 6.35. The van der Waals surface area contributed by atoms with E-state index < -0.39 is 22.7 Å². The average molecular weight is 415 g/mol. The Morgan fingerprint density at radius 2 is 1.83 bits per heavy atom. The van der Waals surface area contributed by atoms with Gasteiger partial charge in [-0.1, -0.05) is 6.07 Å². The molecule has 2 aliphatic rings. The van der Waals surface area contributed by atoms with E-state index in [1.807, 2.05) is 0 Å². The van der Waals surface area contributed by atoms with Crippen LogP contribution in [-0.4, -0.2) is 41.9 Å². The van der Waals surface area contributed by atoms with E-state index in [1.165, 1.54) is 14.2 Å². The number of fused-ring (bicyclic) bond motifs is 1. The number of benzene rings is 1. The molecule has 2 aliphatic heterocycles. The third-order valence-corrected chi connectivity index (χ3v) is 4.63. The molecular weight excluding hydrogens is 398 g/mol. The van der Waals surface area contributed by atoms with Crippen LogP contribution in [-0.2, 0) is 0 Å². The van der Waals surface area contributed by atoms with Crippen molar-refractivity contribution < 1.29 is 28.7 Å². The Morgan fingerprint density at radius 3 is 2.47 bits per heavy atom. The molecule has 3 heterocycles. The Bertz CT molecular complexity index is 1060. The van der Waals surface area contributed by atoms with Gasteiger partial charge in [-0.15, -0.1) is 0 Å². The van der Waals surface area contributed by atoms with Crippen LogP contribution in [0.15, 0.2) is 23.9 Å². The number of urea groups is 1. The molecule has 2 N–H and O–H groups in total. The molecule has 4 rings (SSSR count). The predicted molar refractivity (Wildman–Crippen MR) is 101 cm³/mol. The van der Waals surface area contributed by atoms with E-state index in [4.69, 9.17) is 18.9 Å². The third kappa shape index (κ3) is 3.17. The highest BCUT2D eigenvalue weighted by molar-refractivity contribution is 5.87. The Morgan fingerprint density at radius 1 is 1.17 bits per heavy atom. The summed E-state index contributed by atoms with van der Waals surface area (Å²) in [5, 5.41) is 16.9. The number of methoxy groups -OCH3 is 2. The number of amides is 2. The van der Waals surface area contributed by atoms with Crippen LogP contribution in [0.25, 0.3) is 5.57 Å². The first-order valence-electron chi connectivity index (χ1n) is 8.75. The van der Waals surface area contributed by atoms with Gasteiger partial charge in [-0.25, -0.2) is 4.79 Å². The number of aromatic nitrogens is 2. The highest BCUT2D eigenvalue weighted by Gasteiger charge is 2.34. The van der Waals surface area contributed by atoms with Gasteiger partial charge < -0.3 is 29.6 Å². The number of allylic oxidation sites excluding steroid dienone is 1. The number of nitrogens with one attached hydrogen (secondary N) is 2. The molecular formula is C18H17N5O7. The highest BCUT2D eigenvalue weighted by atomic mass is 16.7. The van der Waals surface area contributed by atoms with Crippen LogP contribution in [0.3, 0.4) is 0 Å². The number of carbonyl (C=O) groups excluding carboxylic acids is 1. The Kier molecular flexibility index (Phi) is 4.74. The molecule has 0 aliphatic carbocycles. The molecule has 0 fully saturated rings. The van der Waals surface area contributed by atoms with Crippen molar-refractivity contribution in [1.29, 1.82) is 0 Å². The molecule has 1 unspecified atom stereocenters. The second-order valence-electron chi connectivity index (χ2n) is 6.35. The van der Waals surface area contributed by atoms with Gasteiger partial charge in [0.2, 0.25) is 6.79 Å². The summed E-state index contributed by atoms with van der Waals surface area (Å²) in [6.45, 7) is 1.79. The number of ether oxygens (including phenoxy) is 4. The first kappa shape index (κ1) is 19.2. The van der Waals surface area contributed by atoms with Crippen LogP contribution < -0.4 is 29.6 Å². The molecule has 2 amide bonds. The number of hydrogen-bond acceptors (Lipinski definition) is 9. The molecule has 0 spiro atoms. The summed E-state index contributed by atoms with van der Waals surface area (Å²) in [7, 11) is 2.52. The van der Waals surface area contributed by atoms with Gasteiger partial charge in [-0.2, -0.15) is 9.97 Å². The minimum absolute atomic E-state index is 0.0990. The van der Waals surface area contributed by atoms with Gasteiger partial charge in [0.05, 0.1) is 25.2 Å². The third-order valence-electron chi connectivity index (χ3n) is 4.63. The molecule has 12 nitrogen and oxygen atoms in total. The van der Waals surface area contributed by atoms with Gasteiger partial charge in [0.25, 0.3) is 0 Å². The van der Waals surface area contributed by atoms with Crippen molar-refractivity contribution in [2.75, 3.05) is 21.0 Å². The van der Waals surface area contributed by atoms with Gasteiger partial charge in [0, 0.05) is 11.3 Å². The van der Waals surface area contributed by atoms with E-state index in [0.717, 1.165) is 0 Å². The SMILES string of the molecule is COc1nc(C2=C(C)NC(=O)NC2c2ccc3c(c2)OCO3)nc(OC)c1[N+](=O)[O-]. The van der Waals surface area contributed by atoms with Crippen molar-refractivity contribution in [1.82, 2.24) is 20.6 Å². The maximum atomic E-state index is 12.2. The van der Waals surface area contributed by atoms with Crippen LogP contribution in [0.2, 0.25) is 0 Å². The van der Waals surface area contributed by atoms with Crippen molar-refractivity contribution in [2.24, 2.45) is 0 Å². The summed E-state index contributed by atoms with van der Waals surface area (Å²) in [6.07, 6.45) is 0. The molecule has 0 saturated carbocycles. The van der Waals surface area contributed by atoms with Crippen molar-refractivity contribution in [3.05, 3.63) is 45.4 Å². The first-order valence-corrected chi connectivity index (χ1v) is 8.75. The molecule has 0 bridgehead atoms. The molecule has 156 valence electrons. The fourth-order valence-electron chi connectivity index (χ4n) is 3.31. The van der Waals surface area contributed by atoms with Crippen molar-refractivity contribution in [3.8, 4) is 23.3 Å². The minimum atomic E-state index is -0.682. The molecule has 1 atom stereocenters. The zero-order valence-corrected chi connectivity index (χ0v) is 16.2. The average Bonchev–Trinajstić information content (AvgIpc) is 3.19. The van der Waals surface area contributed by atoms with Gasteiger partial charge in [0.1, 0.15) is 0 Å². The van der Waals surface area contributed by atoms with Crippen LogP contribution in [0.4, 0.5) is 10.5 Å². The number of rotatable bonds is 5. The molecule has 0 saturated heterocycles. The lowest BCUT2D eigenvalue weighted by Crippen LogP contribution is -2.43. The van der Waals surface area contributed by atoms with Crippen molar-refractivity contribution in [2.45, 2.75) is 13.0 Å². The Hall–Kier alpha value is -4.09. The summed E-state index contributed by atoms with van der Waals surface area (Å²) in [5.41, 5.74) is 1.15. The molecule has 1 aromatic carbocycles. The summed E-state index contributed by atoms with van der Waals surface area (Å²) in [5.74, 6) is 0.710. The lowest BCUT2D eigenvalue weighted by Gasteiger charge is -2.28. The Balaban J connectivity index is 1.87. The smallest absolute Gasteiger partial charge is 0.392 e. The Labute approximate surface area is 170 Å². The molecule has 1 aromatic heterocycles. The highest BCUT2D eigenvalue weighted by Crippen LogP contribution is 2.41. The molecule has 2 aromatic rings. The zero-order chi connectivity index (χ0) is 21.4. The van der Waals surface area contributed by atoms with Gasteiger partial charge in [-0.05, 0) is 24.6 Å². The maximum Gasteiger partial charge on any atom is 0.392 e. The maximum absolute atomic E-state index is 12.2. The van der Waals surface area contributed by atoms with Crippen LogP contribution in [0.5, 0.6) is 23.3 Å². The molecule has 30 heavy (non-hydrogen) atoms. The molecule has 12 heteroatoms. The minimum Gasteiger partial charge on any atom is -0.476 e. The van der Waals surface area contributed by atoms with E-state index in [1.54, 1.807) is 25.1 Å². The molecule has 0 radical (unpaired) electrons. The van der Waals surface area contributed by atoms with Crippen LogP contribution in [0.1, 0.15) is 24.4 Å². The van der Waals surface area contributed by atoms with E-state index in [0.29, 0.717) is 28.3 Å². The van der Waals surface area contributed by atoms with Crippen molar-refractivity contribution in [3.63, 3.8) is 0 Å². The number of nitrogens with zero attached hydrogens (tertiary/aromatic N) is 3. The van der Waals surface area contributed by atoms with Crippen molar-refractivity contribution >= 4 is 17.3 Å². The fraction of sp³-hybridized carbons (Fsp3) is 0.278. The lowest BCUT2D eigenvalue weighted by atomic mass is 9.94. The second kappa shape index (κ2) is 7.39. The van der Waals surface area contributed by atoms with E-state index >= 15 is 0 Å². The van der Waals surface area contributed by atoms with E-state index in [9.17, 15) is 14.9 Å². The van der Waals surface area contributed by atoms with Gasteiger partial charge >= 0.3 is 23.5 Å².